The molecule has 0 bridgehead atoms. The van der Waals surface area contributed by atoms with Gasteiger partial charge in [-0.15, -0.1) is 0 Å². The van der Waals surface area contributed by atoms with Crippen molar-refractivity contribution in [3.63, 3.8) is 0 Å². The minimum absolute atomic E-state index is 0.0580. The molecule has 2 aliphatic heterocycles. The van der Waals surface area contributed by atoms with Gasteiger partial charge in [-0.2, -0.15) is 0 Å². The zero-order chi connectivity index (χ0) is 19.6. The number of piperidine rings is 1. The summed E-state index contributed by atoms with van der Waals surface area (Å²) in [4.78, 5) is 15.0. The molecule has 1 fully saturated rings. The summed E-state index contributed by atoms with van der Waals surface area (Å²) in [5.41, 5.74) is 2.57. The minimum atomic E-state index is -0.295. The van der Waals surface area contributed by atoms with Gasteiger partial charge in [0.05, 0.1) is 14.2 Å². The maximum Gasteiger partial charge on any atom is 0.323 e. The lowest BCUT2D eigenvalue weighted by Crippen LogP contribution is -2.46. The van der Waals surface area contributed by atoms with E-state index in [1.807, 2.05) is 13.8 Å². The predicted molar refractivity (Wildman–Crippen MR) is 108 cm³/mol. The SMILES string of the molecule is COc1cc2c(cc1OC)C1C[C@@H](OC(=O)[C@@H](NP)C(C)C)CCN1CC2. The number of rotatable bonds is 6. The van der Waals surface area contributed by atoms with E-state index in [0.29, 0.717) is 0 Å². The van der Waals surface area contributed by atoms with Crippen molar-refractivity contribution in [3.05, 3.63) is 23.3 Å². The van der Waals surface area contributed by atoms with Gasteiger partial charge in [-0.1, -0.05) is 23.2 Å². The fourth-order valence-electron chi connectivity index (χ4n) is 4.18. The van der Waals surface area contributed by atoms with Gasteiger partial charge in [0.1, 0.15) is 12.1 Å². The number of carbonyl (C=O) groups is 1. The number of hydrogen-bond acceptors (Lipinski definition) is 6. The highest BCUT2D eigenvalue weighted by molar-refractivity contribution is 7.13. The largest absolute Gasteiger partial charge is 0.493 e. The summed E-state index contributed by atoms with van der Waals surface area (Å²) >= 11 is 0. The lowest BCUT2D eigenvalue weighted by Gasteiger charge is -2.43. The van der Waals surface area contributed by atoms with Crippen LogP contribution in [-0.2, 0) is 16.0 Å². The highest BCUT2D eigenvalue weighted by atomic mass is 31.0. The van der Waals surface area contributed by atoms with E-state index in [0.717, 1.165) is 43.9 Å². The molecule has 1 aromatic carbocycles. The number of esters is 1. The molecule has 3 rings (SSSR count). The number of benzene rings is 1. The van der Waals surface area contributed by atoms with Crippen LogP contribution in [0.2, 0.25) is 0 Å². The van der Waals surface area contributed by atoms with Gasteiger partial charge >= 0.3 is 5.97 Å². The number of fused-ring (bicyclic) bond motifs is 3. The number of carbonyl (C=O) groups excluding carboxylic acids is 1. The van der Waals surface area contributed by atoms with E-state index in [-0.39, 0.29) is 30.1 Å². The Bertz CT molecular complexity index is 682. The summed E-state index contributed by atoms with van der Waals surface area (Å²) in [6, 6.07) is 4.14. The van der Waals surface area contributed by atoms with Crippen molar-refractivity contribution in [3.8, 4) is 11.5 Å². The third kappa shape index (κ3) is 4.23. The fourth-order valence-corrected chi connectivity index (χ4v) is 4.70. The van der Waals surface area contributed by atoms with Gasteiger partial charge in [-0.3, -0.25) is 14.8 Å². The number of methoxy groups -OCH3 is 2. The first kappa shape index (κ1) is 20.4. The molecule has 0 spiro atoms. The molecule has 1 aromatic rings. The standard InChI is InChI=1S/C20H31N2O4P/c1-12(2)19(21-27)20(23)26-14-6-8-22-7-5-13-9-17(24-3)18(25-4)11-15(13)16(22)10-14/h9,11-12,14,16,19,21H,5-8,10,27H2,1-4H3/t14-,16?,19-/m0/s1. The van der Waals surface area contributed by atoms with E-state index in [1.165, 1.54) is 11.1 Å². The monoisotopic (exact) mass is 394 g/mol. The van der Waals surface area contributed by atoms with E-state index >= 15 is 0 Å². The molecule has 0 radical (unpaired) electrons. The van der Waals surface area contributed by atoms with Crippen LogP contribution >= 0.6 is 9.39 Å². The van der Waals surface area contributed by atoms with Gasteiger partial charge in [0, 0.05) is 25.6 Å². The molecule has 0 amide bonds. The van der Waals surface area contributed by atoms with Crippen molar-refractivity contribution in [2.45, 2.75) is 51.3 Å². The molecule has 150 valence electrons. The highest BCUT2D eigenvalue weighted by Crippen LogP contribution is 2.42. The second-order valence-corrected chi connectivity index (χ2v) is 8.01. The van der Waals surface area contributed by atoms with Crippen LogP contribution in [0, 0.1) is 5.92 Å². The number of hydrogen-bond donors (Lipinski definition) is 1. The molecule has 0 saturated carbocycles. The average Bonchev–Trinajstić information content (AvgIpc) is 2.66. The normalized spacial score (nSPS) is 23.3. The third-order valence-electron chi connectivity index (χ3n) is 5.72. The molecular weight excluding hydrogens is 363 g/mol. The van der Waals surface area contributed by atoms with Crippen molar-refractivity contribution in [2.75, 3.05) is 27.3 Å². The van der Waals surface area contributed by atoms with Gasteiger partial charge in [0.25, 0.3) is 0 Å². The molecule has 2 heterocycles. The first-order valence-corrected chi connectivity index (χ1v) is 10.2. The van der Waals surface area contributed by atoms with Gasteiger partial charge in [0.2, 0.25) is 0 Å². The first-order valence-electron chi connectivity index (χ1n) is 9.64. The molecule has 4 atom stereocenters. The van der Waals surface area contributed by atoms with Gasteiger partial charge in [-0.05, 0) is 42.0 Å². The summed E-state index contributed by atoms with van der Waals surface area (Å²) < 4.78 is 16.8. The van der Waals surface area contributed by atoms with Crippen LogP contribution in [0.3, 0.4) is 0 Å². The molecule has 0 aliphatic carbocycles. The summed E-state index contributed by atoms with van der Waals surface area (Å²) in [5, 5.41) is 2.99. The Morgan fingerprint density at radius 3 is 2.56 bits per heavy atom. The minimum Gasteiger partial charge on any atom is -0.493 e. The van der Waals surface area contributed by atoms with Crippen molar-refractivity contribution >= 4 is 15.4 Å². The first-order chi connectivity index (χ1) is 13.0. The maximum atomic E-state index is 12.5. The van der Waals surface area contributed by atoms with E-state index in [4.69, 9.17) is 14.2 Å². The van der Waals surface area contributed by atoms with Gasteiger partial charge < -0.3 is 14.2 Å². The zero-order valence-corrected chi connectivity index (χ0v) is 17.8. The van der Waals surface area contributed by atoms with Crippen LogP contribution in [0.1, 0.15) is 43.9 Å². The van der Waals surface area contributed by atoms with Crippen LogP contribution < -0.4 is 14.6 Å². The predicted octanol–water partition coefficient (Wildman–Crippen LogP) is 2.71. The van der Waals surface area contributed by atoms with E-state index < -0.39 is 0 Å². The van der Waals surface area contributed by atoms with E-state index in [2.05, 4.69) is 31.5 Å². The smallest absolute Gasteiger partial charge is 0.323 e. The molecule has 27 heavy (non-hydrogen) atoms. The van der Waals surface area contributed by atoms with Crippen LogP contribution in [0.5, 0.6) is 11.5 Å². The van der Waals surface area contributed by atoms with Crippen molar-refractivity contribution < 1.29 is 19.0 Å². The third-order valence-corrected chi connectivity index (χ3v) is 6.08. The number of nitrogens with one attached hydrogen (secondary N) is 1. The molecular formula is C20H31N2O4P. The molecule has 0 aromatic heterocycles. The lowest BCUT2D eigenvalue weighted by atomic mass is 9.85. The van der Waals surface area contributed by atoms with Crippen molar-refractivity contribution in [2.24, 2.45) is 5.92 Å². The average molecular weight is 394 g/mol. The molecule has 6 nitrogen and oxygen atoms in total. The Balaban J connectivity index is 1.78. The Hall–Kier alpha value is -1.36. The molecule has 2 aliphatic rings. The second-order valence-electron chi connectivity index (χ2n) is 7.68. The molecule has 1 saturated heterocycles. The van der Waals surface area contributed by atoms with Gasteiger partial charge in [-0.25, -0.2) is 0 Å². The van der Waals surface area contributed by atoms with E-state index in [1.54, 1.807) is 14.2 Å². The summed E-state index contributed by atoms with van der Waals surface area (Å²) in [6.45, 7) is 6.00. The highest BCUT2D eigenvalue weighted by Gasteiger charge is 2.36. The summed E-state index contributed by atoms with van der Waals surface area (Å²) in [5.74, 6) is 1.54. The quantitative estimate of drug-likeness (QED) is 0.591. The molecule has 2 unspecified atom stereocenters. The Morgan fingerprint density at radius 1 is 1.22 bits per heavy atom. The number of nitrogens with zero attached hydrogens (tertiary/aromatic N) is 1. The zero-order valence-electron chi connectivity index (χ0n) is 16.7. The maximum absolute atomic E-state index is 12.5. The summed E-state index contributed by atoms with van der Waals surface area (Å²) in [7, 11) is 5.76. The lowest BCUT2D eigenvalue weighted by molar-refractivity contribution is -0.155. The fraction of sp³-hybridized carbons (Fsp3) is 0.650. The molecule has 7 heteroatoms. The van der Waals surface area contributed by atoms with Gasteiger partial charge in [0.15, 0.2) is 11.5 Å². The Morgan fingerprint density at radius 2 is 1.93 bits per heavy atom. The second kappa shape index (κ2) is 8.76. The van der Waals surface area contributed by atoms with Crippen LogP contribution in [0.25, 0.3) is 0 Å². The summed E-state index contributed by atoms with van der Waals surface area (Å²) in [6.07, 6.45) is 2.64. The Kier molecular flexibility index (Phi) is 6.61. The van der Waals surface area contributed by atoms with Crippen LogP contribution in [0.15, 0.2) is 12.1 Å². The van der Waals surface area contributed by atoms with Crippen molar-refractivity contribution in [1.29, 1.82) is 0 Å². The number of ether oxygens (including phenoxy) is 3. The van der Waals surface area contributed by atoms with E-state index in [9.17, 15) is 4.79 Å². The topological polar surface area (TPSA) is 60.0 Å². The van der Waals surface area contributed by atoms with Crippen LogP contribution in [-0.4, -0.2) is 50.3 Å². The molecule has 1 N–H and O–H groups in total. The Labute approximate surface area is 164 Å². The van der Waals surface area contributed by atoms with Crippen molar-refractivity contribution in [1.82, 2.24) is 9.99 Å². The van der Waals surface area contributed by atoms with Crippen LogP contribution in [0.4, 0.5) is 0 Å².